The van der Waals surface area contributed by atoms with Crippen molar-refractivity contribution in [3.63, 3.8) is 0 Å². The molecule has 0 saturated carbocycles. The Hall–Kier alpha value is -7.66. The van der Waals surface area contributed by atoms with Gasteiger partial charge in [0.25, 0.3) is 11.4 Å². The maximum absolute atomic E-state index is 12.8. The number of benzene rings is 2. The van der Waals surface area contributed by atoms with Crippen LogP contribution in [0.5, 0.6) is 0 Å². The summed E-state index contributed by atoms with van der Waals surface area (Å²) in [7, 11) is 0. The zero-order valence-corrected chi connectivity index (χ0v) is 38.0. The molecular weight excluding hydrogens is 861 g/mol. The summed E-state index contributed by atoms with van der Waals surface area (Å²) in [4.78, 5) is 96.0. The lowest BCUT2D eigenvalue weighted by molar-refractivity contribution is -0.385. The highest BCUT2D eigenvalue weighted by atomic mass is 16.6. The van der Waals surface area contributed by atoms with Gasteiger partial charge in [-0.3, -0.25) is 49.0 Å². The molecular formula is C42H58N14O10. The number of primary amides is 2. The maximum atomic E-state index is 12.8. The van der Waals surface area contributed by atoms with Crippen molar-refractivity contribution in [1.82, 2.24) is 51.3 Å². The fraction of sp³-hybridized carbons (Fsp3) is 0.476. The van der Waals surface area contributed by atoms with Gasteiger partial charge in [0.1, 0.15) is 12.1 Å². The van der Waals surface area contributed by atoms with Crippen LogP contribution >= 0.6 is 0 Å². The van der Waals surface area contributed by atoms with Gasteiger partial charge in [0.05, 0.1) is 63.5 Å². The number of rotatable bonds is 22. The van der Waals surface area contributed by atoms with E-state index in [0.29, 0.717) is 11.4 Å². The van der Waals surface area contributed by atoms with Gasteiger partial charge in [-0.25, -0.2) is 9.36 Å². The third kappa shape index (κ3) is 15.5. The van der Waals surface area contributed by atoms with Crippen LogP contribution in [0.3, 0.4) is 0 Å². The predicted octanol–water partition coefficient (Wildman–Crippen LogP) is 2.37. The number of nitrogens with one attached hydrogen (secondary N) is 4. The molecule has 66 heavy (non-hydrogen) atoms. The van der Waals surface area contributed by atoms with Gasteiger partial charge in [0, 0.05) is 55.1 Å². The van der Waals surface area contributed by atoms with Crippen LogP contribution in [0.2, 0.25) is 0 Å². The third-order valence-corrected chi connectivity index (χ3v) is 9.89. The molecule has 0 fully saturated rings. The van der Waals surface area contributed by atoms with Gasteiger partial charge in [-0.05, 0) is 27.7 Å². The van der Waals surface area contributed by atoms with Crippen molar-refractivity contribution >= 4 is 46.8 Å². The first kappa shape index (κ1) is 52.7. The topological polar surface area (TPSA) is 350 Å². The molecule has 4 rings (SSSR count). The molecule has 0 saturated heterocycles. The van der Waals surface area contributed by atoms with Crippen LogP contribution in [0.25, 0.3) is 0 Å². The van der Waals surface area contributed by atoms with Gasteiger partial charge < -0.3 is 32.7 Å². The molecule has 4 atom stereocenters. The highest BCUT2D eigenvalue weighted by molar-refractivity contribution is 5.88. The van der Waals surface area contributed by atoms with Gasteiger partial charge in [-0.15, -0.1) is 10.2 Å². The first-order valence-corrected chi connectivity index (χ1v) is 21.0. The minimum atomic E-state index is -1.07. The molecule has 4 unspecified atom stereocenters. The van der Waals surface area contributed by atoms with Gasteiger partial charge in [0.15, 0.2) is 0 Å². The van der Waals surface area contributed by atoms with E-state index < -0.39 is 69.5 Å². The molecule has 0 aliphatic rings. The quantitative estimate of drug-likeness (QED) is 0.0487. The van der Waals surface area contributed by atoms with Crippen molar-refractivity contribution in [2.45, 2.75) is 117 Å². The number of nitro groups is 2. The zero-order chi connectivity index (χ0) is 49.4. The Morgan fingerprint density at radius 3 is 1.45 bits per heavy atom. The molecule has 24 heteroatoms. The van der Waals surface area contributed by atoms with Gasteiger partial charge >= 0.3 is 0 Å². The Balaban J connectivity index is 0.000000350. The third-order valence-electron chi connectivity index (χ3n) is 9.89. The molecule has 0 aliphatic carbocycles. The van der Waals surface area contributed by atoms with E-state index in [1.807, 2.05) is 27.7 Å². The van der Waals surface area contributed by atoms with Crippen LogP contribution in [0.4, 0.5) is 11.4 Å². The van der Waals surface area contributed by atoms with Crippen LogP contribution in [0.15, 0.2) is 60.9 Å². The molecule has 8 N–H and O–H groups in total. The smallest absolute Gasteiger partial charge is 0.274 e. The molecule has 4 aromatic rings. The molecule has 2 aromatic carbocycles. The number of carbonyl (C=O) groups is 6. The number of hydrogen-bond donors (Lipinski definition) is 6. The van der Waals surface area contributed by atoms with Gasteiger partial charge in [-0.1, -0.05) is 74.5 Å². The van der Waals surface area contributed by atoms with E-state index in [1.165, 1.54) is 42.6 Å². The number of aromatic nitrogens is 6. The lowest BCUT2D eigenvalue weighted by Gasteiger charge is -2.22. The number of amides is 6. The van der Waals surface area contributed by atoms with Crippen molar-refractivity contribution in [3.05, 3.63) is 104 Å². The molecule has 0 spiro atoms. The summed E-state index contributed by atoms with van der Waals surface area (Å²) in [6.45, 7) is 14.3. The molecule has 356 valence electrons. The van der Waals surface area contributed by atoms with E-state index in [-0.39, 0.29) is 72.1 Å². The number of hydrogen-bond acceptors (Lipinski definition) is 14. The lowest BCUT2D eigenvalue weighted by atomic mass is 9.99. The first-order chi connectivity index (χ1) is 31.0. The standard InChI is InChI=1S/2C21H29N7O5/c1-12(2)21(31)24-16(15-7-5-6-8-18(15)28(32)33)10-19(29)23-17(20(22)30)9-14-11-27(13(3)4)26-25-14;1-12(2)21(31)25-16(15-7-5-6-8-18(15)28(32)33)10-19(29)24-17(20(22)30)9-14-11-23-26-27(14)13(3)4/h5-8,11-13,16-17H,9-10H2,1-4H3,(H2,22,30)(H,23,29)(H,24,31);5-8,11-13,16-17H,9-10H2,1-4H3,(H2,22,30)(H,24,29)(H,25,31). The van der Waals surface area contributed by atoms with E-state index in [1.54, 1.807) is 55.4 Å². The average molecular weight is 919 g/mol. The van der Waals surface area contributed by atoms with Crippen LogP contribution in [0.1, 0.15) is 115 Å². The highest BCUT2D eigenvalue weighted by Gasteiger charge is 2.30. The van der Waals surface area contributed by atoms with Crippen molar-refractivity contribution in [1.29, 1.82) is 0 Å². The van der Waals surface area contributed by atoms with Crippen molar-refractivity contribution in [2.24, 2.45) is 23.3 Å². The van der Waals surface area contributed by atoms with Gasteiger partial charge in [0.2, 0.25) is 35.4 Å². The largest absolute Gasteiger partial charge is 0.368 e. The number of para-hydroxylation sites is 2. The van der Waals surface area contributed by atoms with Gasteiger partial charge in [-0.2, -0.15) is 0 Å². The first-order valence-electron chi connectivity index (χ1n) is 21.0. The number of nitrogens with zero attached hydrogens (tertiary/aromatic N) is 8. The maximum Gasteiger partial charge on any atom is 0.274 e. The second-order valence-corrected chi connectivity index (χ2v) is 16.5. The van der Waals surface area contributed by atoms with Crippen LogP contribution in [0, 0.1) is 32.1 Å². The van der Waals surface area contributed by atoms with Crippen molar-refractivity contribution < 1.29 is 38.6 Å². The number of nitro benzene ring substituents is 2. The minimum absolute atomic E-state index is 0.0130. The van der Waals surface area contributed by atoms with Crippen LogP contribution in [-0.2, 0) is 41.6 Å². The van der Waals surface area contributed by atoms with Crippen molar-refractivity contribution in [3.8, 4) is 0 Å². The number of nitrogens with two attached hydrogens (primary N) is 2. The molecule has 2 aromatic heterocycles. The summed E-state index contributed by atoms with van der Waals surface area (Å²) in [5, 5.41) is 49.2. The molecule has 6 amide bonds. The monoisotopic (exact) mass is 918 g/mol. The van der Waals surface area contributed by atoms with E-state index in [0.717, 1.165) is 0 Å². The van der Waals surface area contributed by atoms with E-state index in [2.05, 4.69) is 41.9 Å². The Labute approximate surface area is 380 Å². The Morgan fingerprint density at radius 1 is 0.636 bits per heavy atom. The molecule has 0 aliphatic heterocycles. The Kier molecular flexibility index (Phi) is 19.5. The molecule has 2 heterocycles. The SMILES string of the molecule is CC(C)C(=O)NC(CC(=O)NC(Cc1cn(C(C)C)nn1)C(N)=O)c1ccccc1[N+](=O)[O-].CC(C)C(=O)NC(CC(=O)NC(Cc1cnnn1C(C)C)C(N)=O)c1ccccc1[N+](=O)[O-]. The van der Waals surface area contributed by atoms with E-state index in [9.17, 15) is 49.0 Å². The highest BCUT2D eigenvalue weighted by Crippen LogP contribution is 2.29. The normalized spacial score (nSPS) is 12.9. The fourth-order valence-electron chi connectivity index (χ4n) is 6.30. The summed E-state index contributed by atoms with van der Waals surface area (Å²) in [5.41, 5.74) is 11.9. The van der Waals surface area contributed by atoms with E-state index in [4.69, 9.17) is 11.5 Å². The van der Waals surface area contributed by atoms with Crippen LogP contribution in [-0.4, -0.2) is 87.4 Å². The molecule has 0 radical (unpaired) electrons. The predicted molar refractivity (Wildman–Crippen MR) is 237 cm³/mol. The second kappa shape index (κ2) is 24.4. The Morgan fingerprint density at radius 2 is 1.08 bits per heavy atom. The van der Waals surface area contributed by atoms with Crippen LogP contribution < -0.4 is 32.7 Å². The van der Waals surface area contributed by atoms with Crippen molar-refractivity contribution in [2.75, 3.05) is 0 Å². The fourth-order valence-corrected chi connectivity index (χ4v) is 6.30. The molecule has 0 bridgehead atoms. The van der Waals surface area contributed by atoms with E-state index >= 15 is 0 Å². The number of carbonyl (C=O) groups excluding carboxylic acids is 6. The summed E-state index contributed by atoms with van der Waals surface area (Å²) in [5.74, 6) is -4.28. The molecule has 24 nitrogen and oxygen atoms in total. The second-order valence-electron chi connectivity index (χ2n) is 16.5. The summed E-state index contributed by atoms with van der Waals surface area (Å²) in [6.07, 6.45) is 2.59. The Bertz CT molecular complexity index is 2360. The average Bonchev–Trinajstić information content (AvgIpc) is 3.93. The summed E-state index contributed by atoms with van der Waals surface area (Å²) >= 11 is 0. The lowest BCUT2D eigenvalue weighted by Crippen LogP contribution is -2.47. The summed E-state index contributed by atoms with van der Waals surface area (Å²) < 4.78 is 3.22. The minimum Gasteiger partial charge on any atom is -0.368 e. The summed E-state index contributed by atoms with van der Waals surface area (Å²) in [6, 6.07) is 7.70. The zero-order valence-electron chi connectivity index (χ0n) is 38.0.